The second-order valence-electron chi connectivity index (χ2n) is 2.40. The molecule has 4 nitrogen and oxygen atoms in total. The molecule has 0 aliphatic rings. The lowest BCUT2D eigenvalue weighted by Gasteiger charge is -2.00. The van der Waals surface area contributed by atoms with Crippen LogP contribution in [-0.4, -0.2) is 23.5 Å². The van der Waals surface area contributed by atoms with Crippen molar-refractivity contribution in [2.45, 2.75) is 13.0 Å². The molecule has 0 amide bonds. The van der Waals surface area contributed by atoms with Crippen LogP contribution in [0, 0.1) is 11.3 Å². The van der Waals surface area contributed by atoms with Gasteiger partial charge < -0.3 is 4.74 Å². The van der Waals surface area contributed by atoms with Gasteiger partial charge in [-0.2, -0.15) is 10.4 Å². The standard InChI is InChI=1S/C8H11N3O/c1-12-6-2-5-11-8(7-9)3-4-10-11/h3-4H,2,5-6H2,1H3. The topological polar surface area (TPSA) is 50.8 Å². The molecule has 1 aromatic rings. The van der Waals surface area contributed by atoms with Crippen molar-refractivity contribution < 1.29 is 4.74 Å². The van der Waals surface area contributed by atoms with Crippen LogP contribution in [0.4, 0.5) is 0 Å². The maximum Gasteiger partial charge on any atom is 0.138 e. The minimum atomic E-state index is 0.603. The van der Waals surface area contributed by atoms with E-state index in [1.54, 1.807) is 24.1 Å². The number of rotatable bonds is 4. The number of hydrogen-bond acceptors (Lipinski definition) is 3. The smallest absolute Gasteiger partial charge is 0.138 e. The molecule has 0 aliphatic carbocycles. The maximum absolute atomic E-state index is 8.62. The normalized spacial score (nSPS) is 9.67. The number of nitrogens with zero attached hydrogens (tertiary/aromatic N) is 3. The van der Waals surface area contributed by atoms with Crippen LogP contribution in [0.3, 0.4) is 0 Å². The van der Waals surface area contributed by atoms with Crippen LogP contribution >= 0.6 is 0 Å². The van der Waals surface area contributed by atoms with Gasteiger partial charge in [-0.15, -0.1) is 0 Å². The highest BCUT2D eigenvalue weighted by atomic mass is 16.5. The second kappa shape index (κ2) is 4.52. The van der Waals surface area contributed by atoms with Gasteiger partial charge >= 0.3 is 0 Å². The highest BCUT2D eigenvalue weighted by molar-refractivity contribution is 5.17. The summed E-state index contributed by atoms with van der Waals surface area (Å²) in [6.07, 6.45) is 2.51. The lowest BCUT2D eigenvalue weighted by molar-refractivity contribution is 0.189. The third kappa shape index (κ3) is 2.07. The lowest BCUT2D eigenvalue weighted by Crippen LogP contribution is -2.04. The maximum atomic E-state index is 8.62. The Hall–Kier alpha value is -1.34. The van der Waals surface area contributed by atoms with Crippen molar-refractivity contribution in [2.24, 2.45) is 0 Å². The van der Waals surface area contributed by atoms with Gasteiger partial charge in [0.15, 0.2) is 0 Å². The molecule has 0 fully saturated rings. The molecular weight excluding hydrogens is 154 g/mol. The van der Waals surface area contributed by atoms with Crippen LogP contribution < -0.4 is 0 Å². The minimum Gasteiger partial charge on any atom is -0.385 e. The number of aromatic nitrogens is 2. The number of nitriles is 1. The van der Waals surface area contributed by atoms with Crippen molar-refractivity contribution in [3.8, 4) is 6.07 Å². The Balaban J connectivity index is 2.46. The average Bonchev–Trinajstić information content (AvgIpc) is 2.52. The fourth-order valence-electron chi connectivity index (χ4n) is 0.964. The highest BCUT2D eigenvalue weighted by Gasteiger charge is 1.98. The fourth-order valence-corrected chi connectivity index (χ4v) is 0.964. The van der Waals surface area contributed by atoms with Gasteiger partial charge in [-0.3, -0.25) is 4.68 Å². The van der Waals surface area contributed by atoms with E-state index < -0.39 is 0 Å². The van der Waals surface area contributed by atoms with Gasteiger partial charge in [0.25, 0.3) is 0 Å². The van der Waals surface area contributed by atoms with Crippen molar-refractivity contribution >= 4 is 0 Å². The zero-order valence-electron chi connectivity index (χ0n) is 7.03. The van der Waals surface area contributed by atoms with E-state index in [1.165, 1.54) is 0 Å². The summed E-state index contributed by atoms with van der Waals surface area (Å²) in [5.74, 6) is 0. The van der Waals surface area contributed by atoms with Gasteiger partial charge in [0.1, 0.15) is 11.8 Å². The number of hydrogen-bond donors (Lipinski definition) is 0. The van der Waals surface area contributed by atoms with E-state index in [0.29, 0.717) is 12.3 Å². The van der Waals surface area contributed by atoms with Gasteiger partial charge in [0, 0.05) is 20.3 Å². The fraction of sp³-hybridized carbons (Fsp3) is 0.500. The molecule has 64 valence electrons. The molecule has 1 heterocycles. The summed E-state index contributed by atoms with van der Waals surface area (Å²) in [7, 11) is 1.66. The van der Waals surface area contributed by atoms with Crippen molar-refractivity contribution in [1.82, 2.24) is 9.78 Å². The summed E-state index contributed by atoms with van der Waals surface area (Å²) >= 11 is 0. The Labute approximate surface area is 71.4 Å². The van der Waals surface area contributed by atoms with Crippen molar-refractivity contribution in [3.63, 3.8) is 0 Å². The van der Waals surface area contributed by atoms with Gasteiger partial charge in [0.05, 0.1) is 6.20 Å². The zero-order chi connectivity index (χ0) is 8.81. The van der Waals surface area contributed by atoms with E-state index in [4.69, 9.17) is 10.00 Å². The summed E-state index contributed by atoms with van der Waals surface area (Å²) < 4.78 is 6.57. The van der Waals surface area contributed by atoms with Crippen LogP contribution in [0.15, 0.2) is 12.3 Å². The molecule has 1 aromatic heterocycles. The van der Waals surface area contributed by atoms with Gasteiger partial charge in [-0.25, -0.2) is 0 Å². The van der Waals surface area contributed by atoms with Gasteiger partial charge in [-0.1, -0.05) is 0 Å². The van der Waals surface area contributed by atoms with Crippen molar-refractivity contribution in [3.05, 3.63) is 18.0 Å². The Bertz CT molecular complexity index is 274. The first kappa shape index (κ1) is 8.75. The Morgan fingerprint density at radius 2 is 2.58 bits per heavy atom. The van der Waals surface area contributed by atoms with Crippen LogP contribution in [-0.2, 0) is 11.3 Å². The summed E-state index contributed by atoms with van der Waals surface area (Å²) in [5, 5.41) is 12.6. The lowest BCUT2D eigenvalue weighted by atomic mass is 10.4. The monoisotopic (exact) mass is 165 g/mol. The number of methoxy groups -OCH3 is 1. The summed E-state index contributed by atoms with van der Waals surface area (Å²) in [4.78, 5) is 0. The molecule has 0 saturated carbocycles. The Morgan fingerprint density at radius 1 is 1.75 bits per heavy atom. The molecule has 0 saturated heterocycles. The van der Waals surface area contributed by atoms with E-state index in [1.807, 2.05) is 0 Å². The minimum absolute atomic E-state index is 0.603. The third-order valence-corrected chi connectivity index (χ3v) is 1.55. The predicted molar refractivity (Wildman–Crippen MR) is 43.4 cm³/mol. The first-order valence-corrected chi connectivity index (χ1v) is 3.79. The SMILES string of the molecule is COCCCn1nccc1C#N. The second-order valence-corrected chi connectivity index (χ2v) is 2.40. The highest BCUT2D eigenvalue weighted by Crippen LogP contribution is 1.97. The van der Waals surface area contributed by atoms with E-state index in [0.717, 1.165) is 13.0 Å². The van der Waals surface area contributed by atoms with Crippen LogP contribution in [0.25, 0.3) is 0 Å². The molecule has 0 radical (unpaired) electrons. The summed E-state index contributed by atoms with van der Waals surface area (Å²) in [6, 6.07) is 3.76. The summed E-state index contributed by atoms with van der Waals surface area (Å²) in [5.41, 5.74) is 0.603. The molecule has 0 bridgehead atoms. The first-order chi connectivity index (χ1) is 5.88. The van der Waals surface area contributed by atoms with E-state index in [2.05, 4.69) is 11.2 Å². The molecule has 0 N–H and O–H groups in total. The molecular formula is C8H11N3O. The number of aryl methyl sites for hydroxylation is 1. The van der Waals surface area contributed by atoms with Crippen LogP contribution in [0.5, 0.6) is 0 Å². The Morgan fingerprint density at radius 3 is 3.25 bits per heavy atom. The van der Waals surface area contributed by atoms with Crippen molar-refractivity contribution in [1.29, 1.82) is 5.26 Å². The molecule has 0 aliphatic heterocycles. The largest absolute Gasteiger partial charge is 0.385 e. The molecule has 12 heavy (non-hydrogen) atoms. The molecule has 0 spiro atoms. The zero-order valence-corrected chi connectivity index (χ0v) is 7.03. The van der Waals surface area contributed by atoms with Crippen molar-refractivity contribution in [2.75, 3.05) is 13.7 Å². The quantitative estimate of drug-likeness (QED) is 0.620. The third-order valence-electron chi connectivity index (χ3n) is 1.55. The van der Waals surface area contributed by atoms with E-state index >= 15 is 0 Å². The van der Waals surface area contributed by atoms with Gasteiger partial charge in [-0.05, 0) is 12.5 Å². The molecule has 0 atom stereocenters. The molecule has 0 unspecified atom stereocenters. The molecule has 4 heteroatoms. The molecule has 1 rings (SSSR count). The van der Waals surface area contributed by atoms with E-state index in [-0.39, 0.29) is 0 Å². The summed E-state index contributed by atoms with van der Waals surface area (Å²) in [6.45, 7) is 1.44. The first-order valence-electron chi connectivity index (χ1n) is 3.79. The van der Waals surface area contributed by atoms with Crippen LogP contribution in [0.2, 0.25) is 0 Å². The van der Waals surface area contributed by atoms with Gasteiger partial charge in [0.2, 0.25) is 0 Å². The molecule has 0 aromatic carbocycles. The van der Waals surface area contributed by atoms with E-state index in [9.17, 15) is 0 Å². The number of ether oxygens (including phenoxy) is 1. The average molecular weight is 165 g/mol. The predicted octanol–water partition coefficient (Wildman–Crippen LogP) is 0.791. The Kier molecular flexibility index (Phi) is 3.30. The van der Waals surface area contributed by atoms with Crippen LogP contribution in [0.1, 0.15) is 12.1 Å².